The minimum absolute atomic E-state index is 0.110. The van der Waals surface area contributed by atoms with E-state index in [1.165, 1.54) is 0 Å². The van der Waals surface area contributed by atoms with E-state index in [2.05, 4.69) is 5.32 Å². The maximum Gasteiger partial charge on any atom is 0.293 e. The first kappa shape index (κ1) is 20.9. The molecule has 1 atom stereocenters. The van der Waals surface area contributed by atoms with E-state index in [9.17, 15) is 19.5 Å². The molecule has 2 aliphatic heterocycles. The molecular formula is C19H22ClN3O4S. The highest BCUT2D eigenvalue weighted by Crippen LogP contribution is 2.33. The van der Waals surface area contributed by atoms with Gasteiger partial charge in [0.05, 0.1) is 17.6 Å². The van der Waals surface area contributed by atoms with Gasteiger partial charge in [0.25, 0.3) is 11.1 Å². The van der Waals surface area contributed by atoms with Crippen LogP contribution in [0.2, 0.25) is 5.02 Å². The number of carbonyl (C=O) groups excluding carboxylic acids is 3. The summed E-state index contributed by atoms with van der Waals surface area (Å²) in [4.78, 5) is 40.0. The van der Waals surface area contributed by atoms with E-state index in [-0.39, 0.29) is 42.8 Å². The van der Waals surface area contributed by atoms with Crippen molar-refractivity contribution >= 4 is 46.5 Å². The number of piperidine rings is 1. The van der Waals surface area contributed by atoms with Crippen molar-refractivity contribution in [3.05, 3.63) is 39.8 Å². The Morgan fingerprint density at radius 1 is 1.36 bits per heavy atom. The fraction of sp³-hybridized carbons (Fsp3) is 0.421. The van der Waals surface area contributed by atoms with E-state index in [1.54, 1.807) is 30.3 Å². The van der Waals surface area contributed by atoms with Crippen molar-refractivity contribution in [2.75, 3.05) is 32.7 Å². The molecule has 3 rings (SSSR count). The molecule has 2 saturated heterocycles. The number of amides is 3. The molecule has 150 valence electrons. The maximum atomic E-state index is 12.5. The average Bonchev–Trinajstić information content (AvgIpc) is 2.91. The number of rotatable bonds is 6. The Kier molecular flexibility index (Phi) is 7.12. The molecule has 2 aliphatic rings. The van der Waals surface area contributed by atoms with Crippen molar-refractivity contribution in [3.8, 4) is 0 Å². The molecule has 1 aromatic rings. The molecule has 0 spiro atoms. The second kappa shape index (κ2) is 9.56. The van der Waals surface area contributed by atoms with E-state index in [0.29, 0.717) is 22.0 Å². The van der Waals surface area contributed by atoms with Gasteiger partial charge in [0.15, 0.2) is 0 Å². The normalized spacial score (nSPS) is 22.1. The van der Waals surface area contributed by atoms with Gasteiger partial charge in [-0.1, -0.05) is 29.8 Å². The second-order valence-electron chi connectivity index (χ2n) is 6.74. The van der Waals surface area contributed by atoms with Gasteiger partial charge >= 0.3 is 0 Å². The summed E-state index contributed by atoms with van der Waals surface area (Å²) in [5, 5.41) is 12.5. The lowest BCUT2D eigenvalue weighted by molar-refractivity contribution is -0.125. The van der Waals surface area contributed by atoms with Crippen LogP contribution < -0.4 is 5.32 Å². The number of hydrogen-bond donors (Lipinski definition) is 2. The van der Waals surface area contributed by atoms with Gasteiger partial charge in [-0.2, -0.15) is 0 Å². The van der Waals surface area contributed by atoms with Crippen molar-refractivity contribution in [2.45, 2.75) is 18.9 Å². The molecule has 28 heavy (non-hydrogen) atoms. The Bertz CT molecular complexity index is 801. The van der Waals surface area contributed by atoms with E-state index >= 15 is 0 Å². The Hall–Kier alpha value is -1.87. The number of benzene rings is 1. The van der Waals surface area contributed by atoms with Crippen LogP contribution >= 0.6 is 23.4 Å². The van der Waals surface area contributed by atoms with Crippen LogP contribution in [-0.2, 0) is 9.59 Å². The molecule has 2 heterocycles. The minimum Gasteiger partial charge on any atom is -0.392 e. The summed E-state index contributed by atoms with van der Waals surface area (Å²) in [6.45, 7) is 1.76. The number of nitrogens with one attached hydrogen (secondary N) is 1. The quantitative estimate of drug-likeness (QED) is 0.680. The molecule has 1 aromatic carbocycles. The fourth-order valence-corrected chi connectivity index (χ4v) is 4.21. The predicted octanol–water partition coefficient (Wildman–Crippen LogP) is 1.95. The predicted molar refractivity (Wildman–Crippen MR) is 109 cm³/mol. The molecule has 0 aromatic heterocycles. The summed E-state index contributed by atoms with van der Waals surface area (Å²) < 4.78 is 0. The molecule has 9 heteroatoms. The highest BCUT2D eigenvalue weighted by atomic mass is 35.5. The van der Waals surface area contributed by atoms with E-state index < -0.39 is 0 Å². The third kappa shape index (κ3) is 5.35. The van der Waals surface area contributed by atoms with Gasteiger partial charge < -0.3 is 10.4 Å². The van der Waals surface area contributed by atoms with Crippen LogP contribution in [-0.4, -0.2) is 70.8 Å². The number of imide groups is 1. The number of aliphatic hydroxyl groups is 1. The number of hydrogen-bond acceptors (Lipinski definition) is 6. The number of thioether (sulfide) groups is 1. The summed E-state index contributed by atoms with van der Waals surface area (Å²) in [6, 6.07) is 7.08. The standard InChI is InChI=1S/C19H22ClN3O4S/c20-15-6-2-1-4-13(15)10-16-18(26)23(19(27)28-16)9-7-21-17(25)12-22-8-3-5-14(24)11-22/h1-2,4,6,10,14,24H,3,5,7-9,11-12H2,(H,21,25). The topological polar surface area (TPSA) is 90.0 Å². The van der Waals surface area contributed by atoms with Crippen LogP contribution in [0.3, 0.4) is 0 Å². The Morgan fingerprint density at radius 3 is 2.89 bits per heavy atom. The highest BCUT2D eigenvalue weighted by Gasteiger charge is 2.34. The SMILES string of the molecule is O=C(CN1CCCC(O)C1)NCCN1C(=O)SC(=Cc2ccccc2Cl)C1=O. The van der Waals surface area contributed by atoms with Crippen LogP contribution in [0, 0.1) is 0 Å². The number of halogens is 1. The van der Waals surface area contributed by atoms with Gasteiger partial charge in [0.1, 0.15) is 0 Å². The zero-order valence-electron chi connectivity index (χ0n) is 15.3. The van der Waals surface area contributed by atoms with Gasteiger partial charge in [-0.3, -0.25) is 24.2 Å². The average molecular weight is 424 g/mol. The van der Waals surface area contributed by atoms with Crippen LogP contribution in [0.15, 0.2) is 29.2 Å². The second-order valence-corrected chi connectivity index (χ2v) is 8.14. The molecule has 1 unspecified atom stereocenters. The maximum absolute atomic E-state index is 12.5. The van der Waals surface area contributed by atoms with Crippen molar-refractivity contribution in [3.63, 3.8) is 0 Å². The minimum atomic E-state index is -0.387. The lowest BCUT2D eigenvalue weighted by Crippen LogP contribution is -2.45. The van der Waals surface area contributed by atoms with Crippen molar-refractivity contribution < 1.29 is 19.5 Å². The molecule has 0 radical (unpaired) electrons. The van der Waals surface area contributed by atoms with Gasteiger partial charge in [-0.15, -0.1) is 0 Å². The highest BCUT2D eigenvalue weighted by molar-refractivity contribution is 8.18. The van der Waals surface area contributed by atoms with Gasteiger partial charge in [0, 0.05) is 24.7 Å². The molecule has 2 fully saturated rings. The largest absolute Gasteiger partial charge is 0.392 e. The molecule has 2 N–H and O–H groups in total. The number of likely N-dealkylation sites (tertiary alicyclic amines) is 1. The summed E-state index contributed by atoms with van der Waals surface area (Å²) in [6.07, 6.45) is 2.84. The van der Waals surface area contributed by atoms with Crippen molar-refractivity contribution in [2.24, 2.45) is 0 Å². The third-order valence-corrected chi connectivity index (χ3v) is 5.82. The Balaban J connectivity index is 1.49. The molecule has 0 bridgehead atoms. The zero-order chi connectivity index (χ0) is 20.1. The van der Waals surface area contributed by atoms with Crippen molar-refractivity contribution in [1.82, 2.24) is 15.1 Å². The third-order valence-electron chi connectivity index (χ3n) is 4.57. The Labute approximate surface area is 172 Å². The summed E-state index contributed by atoms with van der Waals surface area (Å²) >= 11 is 6.96. The van der Waals surface area contributed by atoms with Crippen LogP contribution in [0.1, 0.15) is 18.4 Å². The first-order valence-electron chi connectivity index (χ1n) is 9.11. The van der Waals surface area contributed by atoms with Gasteiger partial charge in [-0.25, -0.2) is 0 Å². The lowest BCUT2D eigenvalue weighted by Gasteiger charge is -2.29. The zero-order valence-corrected chi connectivity index (χ0v) is 16.8. The number of nitrogens with zero attached hydrogens (tertiary/aromatic N) is 2. The summed E-state index contributed by atoms with van der Waals surface area (Å²) in [7, 11) is 0. The first-order valence-corrected chi connectivity index (χ1v) is 10.3. The number of aliphatic hydroxyl groups excluding tert-OH is 1. The smallest absolute Gasteiger partial charge is 0.293 e. The van der Waals surface area contributed by atoms with Crippen LogP contribution in [0.4, 0.5) is 4.79 Å². The first-order chi connectivity index (χ1) is 13.4. The number of β-amino-alcohol motifs (C(OH)–C–C–N with tert-alkyl or cyclic N) is 1. The lowest BCUT2D eigenvalue weighted by atomic mass is 10.1. The van der Waals surface area contributed by atoms with Crippen LogP contribution in [0.5, 0.6) is 0 Å². The van der Waals surface area contributed by atoms with E-state index in [0.717, 1.165) is 36.0 Å². The van der Waals surface area contributed by atoms with Gasteiger partial charge in [-0.05, 0) is 48.9 Å². The molecule has 7 nitrogen and oxygen atoms in total. The molecule has 0 aliphatic carbocycles. The van der Waals surface area contributed by atoms with E-state index in [4.69, 9.17) is 11.6 Å². The molecule has 3 amide bonds. The summed E-state index contributed by atoms with van der Waals surface area (Å²) in [5.74, 6) is -0.573. The molecule has 0 saturated carbocycles. The van der Waals surface area contributed by atoms with Crippen molar-refractivity contribution in [1.29, 1.82) is 0 Å². The van der Waals surface area contributed by atoms with Gasteiger partial charge in [0.2, 0.25) is 5.91 Å². The number of carbonyl (C=O) groups is 3. The summed E-state index contributed by atoms with van der Waals surface area (Å²) in [5.41, 5.74) is 0.673. The fourth-order valence-electron chi connectivity index (χ4n) is 3.17. The monoisotopic (exact) mass is 423 g/mol. The van der Waals surface area contributed by atoms with E-state index in [1.807, 2.05) is 4.90 Å². The Morgan fingerprint density at radius 2 is 2.14 bits per heavy atom. The van der Waals surface area contributed by atoms with Crippen LogP contribution in [0.25, 0.3) is 6.08 Å². The molecular weight excluding hydrogens is 402 g/mol.